The highest BCUT2D eigenvalue weighted by atomic mass is 79.9. The molecule has 7 heteroatoms. The fraction of sp³-hybridized carbons (Fsp3) is 0.115. The van der Waals surface area contributed by atoms with E-state index in [1.807, 2.05) is 37.3 Å². The second-order valence-corrected chi connectivity index (χ2v) is 8.04. The van der Waals surface area contributed by atoms with Crippen molar-refractivity contribution in [3.8, 4) is 11.5 Å². The zero-order valence-corrected chi connectivity index (χ0v) is 19.4. The summed E-state index contributed by atoms with van der Waals surface area (Å²) in [7, 11) is 0. The number of hydrogen-bond acceptors (Lipinski definition) is 6. The normalized spacial score (nSPS) is 14.1. The van der Waals surface area contributed by atoms with Crippen LogP contribution in [0.25, 0.3) is 6.08 Å². The number of benzene rings is 3. The highest BCUT2D eigenvalue weighted by Gasteiger charge is 2.23. The lowest BCUT2D eigenvalue weighted by atomic mass is 10.1. The van der Waals surface area contributed by atoms with Crippen molar-refractivity contribution in [1.82, 2.24) is 0 Å². The Hall–Kier alpha value is -3.71. The van der Waals surface area contributed by atoms with Gasteiger partial charge < -0.3 is 14.2 Å². The van der Waals surface area contributed by atoms with Gasteiger partial charge in [0.1, 0.15) is 0 Å². The van der Waals surface area contributed by atoms with Crippen LogP contribution in [-0.2, 0) is 16.0 Å². The van der Waals surface area contributed by atoms with E-state index in [9.17, 15) is 9.59 Å². The fourth-order valence-corrected chi connectivity index (χ4v) is 3.43. The summed E-state index contributed by atoms with van der Waals surface area (Å²) in [5.74, 6) is 0.0163. The number of carbonyl (C=O) groups excluding carboxylic acids is 2. The Morgan fingerprint density at radius 1 is 1.03 bits per heavy atom. The first-order valence-electron chi connectivity index (χ1n) is 10.3. The molecule has 0 saturated heterocycles. The van der Waals surface area contributed by atoms with Gasteiger partial charge in [0.05, 0.1) is 12.2 Å². The summed E-state index contributed by atoms with van der Waals surface area (Å²) in [6.45, 7) is 2.21. The molecule has 1 aliphatic rings. The summed E-state index contributed by atoms with van der Waals surface area (Å²) >= 11 is 3.34. The van der Waals surface area contributed by atoms with Crippen LogP contribution in [0.5, 0.6) is 11.5 Å². The Morgan fingerprint density at radius 2 is 1.79 bits per heavy atom. The quantitative estimate of drug-likeness (QED) is 0.237. The first kappa shape index (κ1) is 22.5. The molecule has 1 aliphatic heterocycles. The summed E-state index contributed by atoms with van der Waals surface area (Å²) in [6.07, 6.45) is 2.04. The summed E-state index contributed by atoms with van der Waals surface area (Å²) < 4.78 is 17.4. The van der Waals surface area contributed by atoms with E-state index in [0.717, 1.165) is 10.0 Å². The van der Waals surface area contributed by atoms with Crippen molar-refractivity contribution in [2.45, 2.75) is 13.3 Å². The Kier molecular flexibility index (Phi) is 7.00. The van der Waals surface area contributed by atoms with Gasteiger partial charge >= 0.3 is 11.9 Å². The van der Waals surface area contributed by atoms with Crippen molar-refractivity contribution in [3.63, 3.8) is 0 Å². The molecule has 0 aliphatic carbocycles. The summed E-state index contributed by atoms with van der Waals surface area (Å²) in [5, 5.41) is 0. The number of esters is 2. The molecule has 6 nitrogen and oxygen atoms in total. The lowest BCUT2D eigenvalue weighted by molar-refractivity contribution is -0.130. The molecule has 1 heterocycles. The van der Waals surface area contributed by atoms with Crippen LogP contribution >= 0.6 is 15.9 Å². The maximum Gasteiger partial charge on any atom is 0.363 e. The third-order valence-electron chi connectivity index (χ3n) is 4.72. The van der Waals surface area contributed by atoms with Crippen LogP contribution in [0.1, 0.15) is 28.4 Å². The van der Waals surface area contributed by atoms with E-state index in [-0.39, 0.29) is 11.4 Å². The van der Waals surface area contributed by atoms with E-state index < -0.39 is 11.9 Å². The molecule has 0 atom stereocenters. The van der Waals surface area contributed by atoms with Gasteiger partial charge in [-0.3, -0.25) is 0 Å². The van der Waals surface area contributed by atoms with Crippen LogP contribution in [0.2, 0.25) is 0 Å². The standard InChI is InChI=1S/C26H20BrNO5/c1-2-31-23-15-18(8-13-22(23)32-25(29)19-9-11-20(27)12-10-19)14-21-26(30)33-24(28-21)16-17-6-4-3-5-7-17/h3-15H,2,16H2,1H3/b21-14+. The number of nitrogens with zero attached hydrogens (tertiary/aromatic N) is 1. The van der Waals surface area contributed by atoms with Crippen molar-refractivity contribution in [2.24, 2.45) is 4.99 Å². The maximum absolute atomic E-state index is 12.5. The molecule has 0 unspecified atom stereocenters. The van der Waals surface area contributed by atoms with Gasteiger partial charge in [-0.25, -0.2) is 14.6 Å². The fourth-order valence-electron chi connectivity index (χ4n) is 3.17. The Balaban J connectivity index is 1.54. The predicted octanol–water partition coefficient (Wildman–Crippen LogP) is 5.61. The minimum Gasteiger partial charge on any atom is -0.490 e. The van der Waals surface area contributed by atoms with Crippen LogP contribution in [0.3, 0.4) is 0 Å². The zero-order valence-electron chi connectivity index (χ0n) is 17.8. The van der Waals surface area contributed by atoms with Crippen LogP contribution in [0.15, 0.2) is 88.0 Å². The lowest BCUT2D eigenvalue weighted by Crippen LogP contribution is -2.09. The van der Waals surface area contributed by atoms with Crippen LogP contribution in [0.4, 0.5) is 0 Å². The van der Waals surface area contributed by atoms with Gasteiger partial charge in [-0.1, -0.05) is 52.3 Å². The molecule has 0 amide bonds. The van der Waals surface area contributed by atoms with Gasteiger partial charge in [-0.2, -0.15) is 0 Å². The molecule has 0 saturated carbocycles. The third-order valence-corrected chi connectivity index (χ3v) is 5.25. The number of aliphatic imine (C=N–C) groups is 1. The van der Waals surface area contributed by atoms with E-state index in [4.69, 9.17) is 14.2 Å². The van der Waals surface area contributed by atoms with Crippen molar-refractivity contribution in [2.75, 3.05) is 6.61 Å². The van der Waals surface area contributed by atoms with E-state index in [1.54, 1.807) is 48.5 Å². The van der Waals surface area contributed by atoms with Crippen LogP contribution < -0.4 is 9.47 Å². The van der Waals surface area contributed by atoms with Crippen molar-refractivity contribution < 1.29 is 23.8 Å². The maximum atomic E-state index is 12.5. The van der Waals surface area contributed by atoms with Crippen LogP contribution in [-0.4, -0.2) is 24.4 Å². The highest BCUT2D eigenvalue weighted by molar-refractivity contribution is 9.10. The molecular weight excluding hydrogens is 486 g/mol. The number of carbonyl (C=O) groups is 2. The largest absolute Gasteiger partial charge is 0.490 e. The Bertz CT molecular complexity index is 1230. The smallest absolute Gasteiger partial charge is 0.363 e. The molecule has 3 aromatic carbocycles. The molecule has 0 spiro atoms. The predicted molar refractivity (Wildman–Crippen MR) is 128 cm³/mol. The van der Waals surface area contributed by atoms with Crippen molar-refractivity contribution >= 4 is 39.8 Å². The summed E-state index contributed by atoms with van der Waals surface area (Å²) in [5.41, 5.74) is 2.28. The van der Waals surface area contributed by atoms with Gasteiger partial charge in [0.25, 0.3) is 0 Å². The first-order chi connectivity index (χ1) is 16.0. The van der Waals surface area contributed by atoms with Gasteiger partial charge in [0.15, 0.2) is 17.2 Å². The number of cyclic esters (lactones) is 1. The number of rotatable bonds is 7. The topological polar surface area (TPSA) is 74.2 Å². The molecule has 0 fully saturated rings. The molecule has 0 radical (unpaired) electrons. The van der Waals surface area contributed by atoms with Crippen molar-refractivity contribution in [1.29, 1.82) is 0 Å². The minimum absolute atomic E-state index is 0.197. The minimum atomic E-state index is -0.510. The second-order valence-electron chi connectivity index (χ2n) is 7.12. The van der Waals surface area contributed by atoms with Crippen molar-refractivity contribution in [3.05, 3.63) is 99.7 Å². The number of halogens is 1. The molecule has 33 heavy (non-hydrogen) atoms. The zero-order chi connectivity index (χ0) is 23.2. The summed E-state index contributed by atoms with van der Waals surface area (Å²) in [4.78, 5) is 29.1. The highest BCUT2D eigenvalue weighted by Crippen LogP contribution is 2.31. The van der Waals surface area contributed by atoms with Gasteiger partial charge in [0, 0.05) is 10.9 Å². The Morgan fingerprint density at radius 3 is 2.52 bits per heavy atom. The molecule has 4 rings (SSSR count). The molecular formula is C26H20BrNO5. The molecule has 0 N–H and O–H groups in total. The number of hydrogen-bond donors (Lipinski definition) is 0. The lowest BCUT2D eigenvalue weighted by Gasteiger charge is -2.11. The van der Waals surface area contributed by atoms with E-state index in [1.165, 1.54) is 0 Å². The summed E-state index contributed by atoms with van der Waals surface area (Å²) in [6, 6.07) is 21.6. The van der Waals surface area contributed by atoms with Gasteiger partial charge in [-0.05, 0) is 60.5 Å². The number of ether oxygens (including phenoxy) is 3. The molecule has 0 bridgehead atoms. The SMILES string of the molecule is CCOc1cc(/C=C2/N=C(Cc3ccccc3)OC2=O)ccc1OC(=O)c1ccc(Br)cc1. The van der Waals surface area contributed by atoms with Crippen LogP contribution in [0, 0.1) is 0 Å². The monoisotopic (exact) mass is 505 g/mol. The average molecular weight is 506 g/mol. The van der Waals surface area contributed by atoms with E-state index >= 15 is 0 Å². The van der Waals surface area contributed by atoms with Gasteiger partial charge in [-0.15, -0.1) is 0 Å². The Labute approximate surface area is 199 Å². The molecule has 3 aromatic rings. The average Bonchev–Trinajstić information content (AvgIpc) is 3.15. The third kappa shape index (κ3) is 5.75. The van der Waals surface area contributed by atoms with Gasteiger partial charge in [0.2, 0.25) is 5.90 Å². The molecule has 166 valence electrons. The second kappa shape index (κ2) is 10.3. The molecule has 0 aromatic heterocycles. The van der Waals surface area contributed by atoms with E-state index in [2.05, 4.69) is 20.9 Å². The first-order valence-corrected chi connectivity index (χ1v) is 11.1. The van der Waals surface area contributed by atoms with E-state index in [0.29, 0.717) is 35.8 Å².